The molecule has 0 unspecified atom stereocenters. The zero-order chi connectivity index (χ0) is 19.7. The Bertz CT molecular complexity index is 1060. The maximum absolute atomic E-state index is 12.7. The predicted molar refractivity (Wildman–Crippen MR) is 111 cm³/mol. The van der Waals surface area contributed by atoms with Crippen LogP contribution in [-0.4, -0.2) is 39.9 Å². The minimum atomic E-state index is -0.370. The number of anilines is 1. The number of methoxy groups -OCH3 is 2. The summed E-state index contributed by atoms with van der Waals surface area (Å²) in [5, 5.41) is 4.32. The number of ether oxygens (including phenoxy) is 2. The van der Waals surface area contributed by atoms with Gasteiger partial charge in [-0.25, -0.2) is 4.79 Å². The van der Waals surface area contributed by atoms with Gasteiger partial charge >= 0.3 is 5.63 Å². The molecular weight excluding hydrogens is 356 g/mol. The first kappa shape index (κ1) is 18.4. The molecule has 0 bridgehead atoms. The van der Waals surface area contributed by atoms with Gasteiger partial charge in [0, 0.05) is 42.8 Å². The summed E-state index contributed by atoms with van der Waals surface area (Å²) in [7, 11) is 3.15. The summed E-state index contributed by atoms with van der Waals surface area (Å²) in [6, 6.07) is 13.7. The van der Waals surface area contributed by atoms with Gasteiger partial charge < -0.3 is 24.1 Å². The van der Waals surface area contributed by atoms with Crippen molar-refractivity contribution in [1.29, 1.82) is 0 Å². The Balaban J connectivity index is 1.73. The van der Waals surface area contributed by atoms with E-state index in [1.807, 2.05) is 24.3 Å². The van der Waals surface area contributed by atoms with E-state index in [1.165, 1.54) is 0 Å². The maximum atomic E-state index is 12.7. The Hall–Kier alpha value is -2.99. The number of piperazine rings is 1. The zero-order valence-electron chi connectivity index (χ0n) is 16.3. The Morgan fingerprint density at radius 3 is 2.64 bits per heavy atom. The van der Waals surface area contributed by atoms with Crippen LogP contribution in [-0.2, 0) is 0 Å². The highest BCUT2D eigenvalue weighted by Gasteiger charge is 2.17. The fourth-order valence-electron chi connectivity index (χ4n) is 3.67. The van der Waals surface area contributed by atoms with Gasteiger partial charge in [0.1, 0.15) is 5.58 Å². The molecule has 1 aliphatic rings. The summed E-state index contributed by atoms with van der Waals surface area (Å²) >= 11 is 0. The topological polar surface area (TPSA) is 63.9 Å². The van der Waals surface area contributed by atoms with Gasteiger partial charge in [-0.15, -0.1) is 0 Å². The molecule has 146 valence electrons. The van der Waals surface area contributed by atoms with Crippen molar-refractivity contribution in [3.05, 3.63) is 52.9 Å². The smallest absolute Gasteiger partial charge is 0.344 e. The summed E-state index contributed by atoms with van der Waals surface area (Å²) in [4.78, 5) is 15.0. The molecule has 2 heterocycles. The van der Waals surface area contributed by atoms with Gasteiger partial charge in [-0.3, -0.25) is 0 Å². The van der Waals surface area contributed by atoms with Crippen LogP contribution in [0.2, 0.25) is 0 Å². The predicted octanol–water partition coefficient (Wildman–Crippen LogP) is 3.28. The molecule has 1 fully saturated rings. The Morgan fingerprint density at radius 2 is 1.89 bits per heavy atom. The van der Waals surface area contributed by atoms with Crippen molar-refractivity contribution in [3.63, 3.8) is 0 Å². The van der Waals surface area contributed by atoms with Gasteiger partial charge in [0.25, 0.3) is 0 Å². The maximum Gasteiger partial charge on any atom is 0.344 e. The van der Waals surface area contributed by atoms with Crippen molar-refractivity contribution in [1.82, 2.24) is 5.32 Å². The average molecular weight is 380 g/mol. The number of hydrogen-bond donors (Lipinski definition) is 1. The highest BCUT2D eigenvalue weighted by molar-refractivity contribution is 5.84. The van der Waals surface area contributed by atoms with Gasteiger partial charge in [0.15, 0.2) is 11.5 Å². The third kappa shape index (κ3) is 3.43. The molecule has 1 atom stereocenters. The molecule has 1 aromatic heterocycles. The highest BCUT2D eigenvalue weighted by atomic mass is 16.5. The van der Waals surface area contributed by atoms with Crippen LogP contribution < -0.4 is 25.3 Å². The molecule has 6 heteroatoms. The van der Waals surface area contributed by atoms with Crippen molar-refractivity contribution in [2.45, 2.75) is 13.0 Å². The van der Waals surface area contributed by atoms with Gasteiger partial charge in [-0.1, -0.05) is 6.07 Å². The zero-order valence-corrected chi connectivity index (χ0v) is 16.3. The van der Waals surface area contributed by atoms with E-state index >= 15 is 0 Å². The van der Waals surface area contributed by atoms with E-state index < -0.39 is 0 Å². The SMILES string of the molecule is COc1ccc(-c2cc3ccc(N4CCN[C@@H](C)C4)cc3oc2=O)cc1OC. The average Bonchev–Trinajstić information content (AvgIpc) is 2.72. The highest BCUT2D eigenvalue weighted by Crippen LogP contribution is 2.32. The monoisotopic (exact) mass is 380 g/mol. The number of hydrogen-bond acceptors (Lipinski definition) is 6. The molecule has 0 radical (unpaired) electrons. The van der Waals surface area contributed by atoms with E-state index in [1.54, 1.807) is 26.4 Å². The minimum absolute atomic E-state index is 0.370. The van der Waals surface area contributed by atoms with Crippen molar-refractivity contribution >= 4 is 16.7 Å². The first-order valence-electron chi connectivity index (χ1n) is 9.37. The Kier molecular flexibility index (Phi) is 4.96. The lowest BCUT2D eigenvalue weighted by Crippen LogP contribution is -2.49. The van der Waals surface area contributed by atoms with Gasteiger partial charge in [-0.2, -0.15) is 0 Å². The number of nitrogens with one attached hydrogen (secondary N) is 1. The first-order chi connectivity index (χ1) is 13.6. The largest absolute Gasteiger partial charge is 0.493 e. The molecule has 1 saturated heterocycles. The summed E-state index contributed by atoms with van der Waals surface area (Å²) in [6.07, 6.45) is 0. The molecule has 2 aromatic carbocycles. The second-order valence-corrected chi connectivity index (χ2v) is 7.04. The molecule has 6 nitrogen and oxygen atoms in total. The molecule has 1 aliphatic heterocycles. The van der Waals surface area contributed by atoms with Crippen molar-refractivity contribution in [2.75, 3.05) is 38.8 Å². The standard InChI is InChI=1S/C22H24N2O4/c1-14-13-24(9-8-23-14)17-6-4-16-10-18(22(25)28-20(16)12-17)15-5-7-19(26-2)21(11-15)27-3/h4-7,10-12,14,23H,8-9,13H2,1-3H3/t14-/m0/s1. The van der Waals surface area contributed by atoms with Crippen LogP contribution in [0, 0.1) is 0 Å². The van der Waals surface area contributed by atoms with Crippen LogP contribution in [0.5, 0.6) is 11.5 Å². The quantitative estimate of drug-likeness (QED) is 0.701. The first-order valence-corrected chi connectivity index (χ1v) is 9.37. The van der Waals surface area contributed by atoms with Crippen molar-refractivity contribution < 1.29 is 13.9 Å². The number of nitrogens with zero attached hydrogens (tertiary/aromatic N) is 1. The van der Waals surface area contributed by atoms with Crippen LogP contribution in [0.3, 0.4) is 0 Å². The van der Waals surface area contributed by atoms with Crippen LogP contribution in [0.1, 0.15) is 6.92 Å². The van der Waals surface area contributed by atoms with E-state index in [4.69, 9.17) is 13.9 Å². The Labute approximate surface area is 163 Å². The molecule has 0 spiro atoms. The molecule has 3 aromatic rings. The molecule has 0 saturated carbocycles. The summed E-state index contributed by atoms with van der Waals surface area (Å²) in [6.45, 7) is 4.98. The molecule has 1 N–H and O–H groups in total. The number of rotatable bonds is 4. The third-order valence-corrected chi connectivity index (χ3v) is 5.15. The van der Waals surface area contributed by atoms with Crippen molar-refractivity contribution in [3.8, 4) is 22.6 Å². The third-order valence-electron chi connectivity index (χ3n) is 5.15. The van der Waals surface area contributed by atoms with Crippen LogP contribution in [0.15, 0.2) is 51.7 Å². The molecular formula is C22H24N2O4. The van der Waals surface area contributed by atoms with E-state index in [0.29, 0.717) is 28.7 Å². The van der Waals surface area contributed by atoms with Crippen LogP contribution in [0.25, 0.3) is 22.1 Å². The fourth-order valence-corrected chi connectivity index (χ4v) is 3.67. The second kappa shape index (κ2) is 7.56. The lowest BCUT2D eigenvalue weighted by molar-refractivity contribution is 0.355. The van der Waals surface area contributed by atoms with E-state index in [2.05, 4.69) is 23.2 Å². The van der Waals surface area contributed by atoms with E-state index in [9.17, 15) is 4.79 Å². The van der Waals surface area contributed by atoms with Crippen LogP contribution >= 0.6 is 0 Å². The summed E-state index contributed by atoms with van der Waals surface area (Å²) in [5.74, 6) is 1.19. The molecule has 28 heavy (non-hydrogen) atoms. The van der Waals surface area contributed by atoms with E-state index in [0.717, 1.165) is 36.3 Å². The number of fused-ring (bicyclic) bond motifs is 1. The lowest BCUT2D eigenvalue weighted by atomic mass is 10.0. The summed E-state index contributed by atoms with van der Waals surface area (Å²) in [5.41, 5.74) is 2.52. The van der Waals surface area contributed by atoms with E-state index in [-0.39, 0.29) is 5.63 Å². The molecule has 0 amide bonds. The minimum Gasteiger partial charge on any atom is -0.493 e. The lowest BCUT2D eigenvalue weighted by Gasteiger charge is -2.33. The second-order valence-electron chi connectivity index (χ2n) is 7.04. The van der Waals surface area contributed by atoms with Gasteiger partial charge in [0.2, 0.25) is 0 Å². The normalized spacial score (nSPS) is 17.0. The fraction of sp³-hybridized carbons (Fsp3) is 0.318. The van der Waals surface area contributed by atoms with Gasteiger partial charge in [-0.05, 0) is 42.8 Å². The van der Waals surface area contributed by atoms with Crippen LogP contribution in [0.4, 0.5) is 5.69 Å². The number of benzene rings is 2. The van der Waals surface area contributed by atoms with Gasteiger partial charge in [0.05, 0.1) is 19.8 Å². The Morgan fingerprint density at radius 1 is 1.07 bits per heavy atom. The molecule has 0 aliphatic carbocycles. The summed E-state index contributed by atoms with van der Waals surface area (Å²) < 4.78 is 16.3. The van der Waals surface area contributed by atoms with Crippen molar-refractivity contribution in [2.24, 2.45) is 0 Å². The molecule has 4 rings (SSSR count).